The van der Waals surface area contributed by atoms with Crippen molar-refractivity contribution in [3.63, 3.8) is 0 Å². The summed E-state index contributed by atoms with van der Waals surface area (Å²) in [4.78, 5) is 0. The highest BCUT2D eigenvalue weighted by Gasteiger charge is 2.06. The fourth-order valence-electron chi connectivity index (χ4n) is 1.83. The highest BCUT2D eigenvalue weighted by molar-refractivity contribution is 9.10. The zero-order valence-corrected chi connectivity index (χ0v) is 13.4. The van der Waals surface area contributed by atoms with Gasteiger partial charge in [-0.05, 0) is 37.1 Å². The van der Waals surface area contributed by atoms with Crippen molar-refractivity contribution < 1.29 is 9.47 Å². The molecule has 0 radical (unpaired) electrons. The average Bonchev–Trinajstić information content (AvgIpc) is 2.41. The molecule has 0 aliphatic rings. The van der Waals surface area contributed by atoms with Crippen molar-refractivity contribution >= 4 is 15.9 Å². The van der Waals surface area contributed by atoms with E-state index in [9.17, 15) is 0 Å². The zero-order chi connectivity index (χ0) is 13.9. The third-order valence-electron chi connectivity index (χ3n) is 3.08. The normalized spacial score (nSPS) is 12.4. The molecule has 0 fully saturated rings. The minimum atomic E-state index is 0.656. The van der Waals surface area contributed by atoms with Crippen molar-refractivity contribution in [2.24, 2.45) is 5.92 Å². The van der Waals surface area contributed by atoms with Crippen molar-refractivity contribution in [2.45, 2.75) is 19.8 Å². The Morgan fingerprint density at radius 1 is 1.32 bits per heavy atom. The van der Waals surface area contributed by atoms with Gasteiger partial charge in [-0.25, -0.2) is 0 Å². The molecule has 0 saturated heterocycles. The van der Waals surface area contributed by atoms with Crippen molar-refractivity contribution in [3.8, 4) is 5.75 Å². The molecule has 0 aromatic heterocycles. The summed E-state index contributed by atoms with van der Waals surface area (Å²) in [6, 6.07) is 7.98. The quantitative estimate of drug-likeness (QED) is 0.666. The maximum absolute atomic E-state index is 5.76. The maximum atomic E-state index is 5.76. The molecule has 1 N–H and O–H groups in total. The van der Waals surface area contributed by atoms with Crippen LogP contribution in [0.4, 0.5) is 0 Å². The van der Waals surface area contributed by atoms with Gasteiger partial charge >= 0.3 is 0 Å². The number of rotatable bonds is 10. The van der Waals surface area contributed by atoms with E-state index in [-0.39, 0.29) is 0 Å². The summed E-state index contributed by atoms with van der Waals surface area (Å²) in [6.07, 6.45) is 2.24. The van der Waals surface area contributed by atoms with Gasteiger partial charge in [-0.1, -0.05) is 35.3 Å². The molecule has 4 heteroatoms. The molecule has 0 spiro atoms. The fourth-order valence-corrected chi connectivity index (χ4v) is 2.21. The summed E-state index contributed by atoms with van der Waals surface area (Å²) in [5, 5.41) is 3.41. The van der Waals surface area contributed by atoms with E-state index in [1.54, 1.807) is 7.11 Å². The highest BCUT2D eigenvalue weighted by Crippen LogP contribution is 2.18. The van der Waals surface area contributed by atoms with Crippen LogP contribution in [-0.2, 0) is 4.74 Å². The lowest BCUT2D eigenvalue weighted by Crippen LogP contribution is -2.26. The molecule has 1 aromatic carbocycles. The minimum Gasteiger partial charge on any atom is -0.494 e. The van der Waals surface area contributed by atoms with E-state index in [2.05, 4.69) is 28.2 Å². The molecule has 0 amide bonds. The Hall–Kier alpha value is -0.580. The lowest BCUT2D eigenvalue weighted by molar-refractivity contribution is 0.196. The van der Waals surface area contributed by atoms with Crippen LogP contribution in [-0.4, -0.2) is 33.4 Å². The number of benzene rings is 1. The number of methoxy groups -OCH3 is 1. The number of halogens is 1. The van der Waals surface area contributed by atoms with Crippen molar-refractivity contribution in [3.05, 3.63) is 28.7 Å². The molecule has 1 aromatic rings. The first-order valence-electron chi connectivity index (χ1n) is 6.84. The fraction of sp³-hybridized carbons (Fsp3) is 0.600. The second-order valence-corrected chi connectivity index (χ2v) is 5.48. The van der Waals surface area contributed by atoms with Crippen LogP contribution >= 0.6 is 15.9 Å². The van der Waals surface area contributed by atoms with Gasteiger partial charge in [0, 0.05) is 18.1 Å². The summed E-state index contributed by atoms with van der Waals surface area (Å²) >= 11 is 3.44. The number of nitrogens with one attached hydrogen (secondary N) is 1. The summed E-state index contributed by atoms with van der Waals surface area (Å²) in [5.41, 5.74) is 0. The molecule has 1 unspecified atom stereocenters. The van der Waals surface area contributed by atoms with Gasteiger partial charge < -0.3 is 14.8 Å². The van der Waals surface area contributed by atoms with Crippen molar-refractivity contribution in [2.75, 3.05) is 33.4 Å². The molecule has 0 aliphatic heterocycles. The van der Waals surface area contributed by atoms with Gasteiger partial charge in [0.15, 0.2) is 0 Å². The average molecular weight is 330 g/mol. The van der Waals surface area contributed by atoms with Gasteiger partial charge in [-0.3, -0.25) is 0 Å². The lowest BCUT2D eigenvalue weighted by atomic mass is 10.0. The Bertz CT molecular complexity index is 347. The van der Waals surface area contributed by atoms with E-state index in [4.69, 9.17) is 9.47 Å². The van der Waals surface area contributed by atoms with Gasteiger partial charge in [0.25, 0.3) is 0 Å². The Kier molecular flexibility index (Phi) is 8.88. The van der Waals surface area contributed by atoms with Crippen LogP contribution in [0.2, 0.25) is 0 Å². The van der Waals surface area contributed by atoms with Gasteiger partial charge in [-0.2, -0.15) is 0 Å². The van der Waals surface area contributed by atoms with Crippen molar-refractivity contribution in [1.82, 2.24) is 5.32 Å². The smallest absolute Gasteiger partial charge is 0.120 e. The van der Waals surface area contributed by atoms with Crippen LogP contribution in [0, 0.1) is 5.92 Å². The van der Waals surface area contributed by atoms with Crippen LogP contribution in [0.15, 0.2) is 28.7 Å². The van der Waals surface area contributed by atoms with E-state index in [0.717, 1.165) is 42.9 Å². The maximum Gasteiger partial charge on any atom is 0.120 e. The summed E-state index contributed by atoms with van der Waals surface area (Å²) in [6.45, 7) is 5.70. The van der Waals surface area contributed by atoms with E-state index in [1.165, 1.54) is 6.42 Å². The first-order valence-corrected chi connectivity index (χ1v) is 7.63. The van der Waals surface area contributed by atoms with Gasteiger partial charge in [0.1, 0.15) is 5.75 Å². The first-order chi connectivity index (χ1) is 9.26. The Morgan fingerprint density at radius 2 is 2.16 bits per heavy atom. The zero-order valence-electron chi connectivity index (χ0n) is 11.8. The largest absolute Gasteiger partial charge is 0.494 e. The first kappa shape index (κ1) is 16.5. The summed E-state index contributed by atoms with van der Waals surface area (Å²) < 4.78 is 11.8. The number of hydrogen-bond acceptors (Lipinski definition) is 3. The molecule has 1 atom stereocenters. The molecule has 108 valence electrons. The predicted octanol–water partition coefficient (Wildman–Crippen LogP) is 3.48. The van der Waals surface area contributed by atoms with Crippen LogP contribution in [0.25, 0.3) is 0 Å². The Labute approximate surface area is 124 Å². The molecule has 0 bridgehead atoms. The molecule has 0 heterocycles. The molecular formula is C15H24BrNO2. The summed E-state index contributed by atoms with van der Waals surface area (Å²) in [5.74, 6) is 1.58. The second kappa shape index (κ2) is 10.2. The van der Waals surface area contributed by atoms with Crippen LogP contribution in [0.5, 0.6) is 5.75 Å². The molecular weight excluding hydrogens is 306 g/mol. The minimum absolute atomic E-state index is 0.656. The lowest BCUT2D eigenvalue weighted by Gasteiger charge is -2.16. The van der Waals surface area contributed by atoms with E-state index < -0.39 is 0 Å². The van der Waals surface area contributed by atoms with E-state index in [1.807, 2.05) is 24.3 Å². The van der Waals surface area contributed by atoms with Crippen LogP contribution in [0.1, 0.15) is 19.8 Å². The van der Waals surface area contributed by atoms with Gasteiger partial charge in [0.2, 0.25) is 0 Å². The van der Waals surface area contributed by atoms with Crippen LogP contribution < -0.4 is 10.1 Å². The second-order valence-electron chi connectivity index (χ2n) is 4.57. The number of ether oxygens (including phenoxy) is 2. The molecule has 19 heavy (non-hydrogen) atoms. The van der Waals surface area contributed by atoms with Crippen molar-refractivity contribution in [1.29, 1.82) is 0 Å². The highest BCUT2D eigenvalue weighted by atomic mass is 79.9. The topological polar surface area (TPSA) is 30.5 Å². The van der Waals surface area contributed by atoms with Gasteiger partial charge in [-0.15, -0.1) is 0 Å². The molecule has 3 nitrogen and oxygen atoms in total. The standard InChI is InChI=1S/C15H24BrNO2/c1-3-13(12-17-8-10-18-2)7-9-19-15-6-4-5-14(16)11-15/h4-6,11,13,17H,3,7-10,12H2,1-2H3. The molecule has 0 saturated carbocycles. The Morgan fingerprint density at radius 3 is 2.84 bits per heavy atom. The third-order valence-corrected chi connectivity index (χ3v) is 3.58. The van der Waals surface area contributed by atoms with Crippen LogP contribution in [0.3, 0.4) is 0 Å². The predicted molar refractivity (Wildman–Crippen MR) is 82.8 cm³/mol. The van der Waals surface area contributed by atoms with Gasteiger partial charge in [0.05, 0.1) is 13.2 Å². The Balaban J connectivity index is 2.18. The number of hydrogen-bond donors (Lipinski definition) is 1. The third kappa shape index (κ3) is 7.55. The SMILES string of the molecule is CCC(CCOc1cccc(Br)c1)CNCCOC. The van der Waals surface area contributed by atoms with E-state index >= 15 is 0 Å². The monoisotopic (exact) mass is 329 g/mol. The van der Waals surface area contributed by atoms with E-state index in [0.29, 0.717) is 5.92 Å². The molecule has 0 aliphatic carbocycles. The summed E-state index contributed by atoms with van der Waals surface area (Å²) in [7, 11) is 1.73. The molecule has 1 rings (SSSR count).